The number of hydrogen-bond donors (Lipinski definition) is 0. The van der Waals surface area contributed by atoms with E-state index in [-0.39, 0.29) is 16.3 Å². The third-order valence-electron chi connectivity index (χ3n) is 1.67. The summed E-state index contributed by atoms with van der Waals surface area (Å²) in [6, 6.07) is 2.71. The molecular weight excluding hydrogens is 211 g/mol. The van der Waals surface area contributed by atoms with Gasteiger partial charge in [-0.25, -0.2) is 9.18 Å². The van der Waals surface area contributed by atoms with Gasteiger partial charge in [0.05, 0.1) is 19.2 Å². The maximum absolute atomic E-state index is 13.4. The topological polar surface area (TPSA) is 35.5 Å². The van der Waals surface area contributed by atoms with E-state index in [1.165, 1.54) is 19.2 Å². The molecule has 0 heterocycles. The highest BCUT2D eigenvalue weighted by Crippen LogP contribution is 2.27. The number of rotatable bonds is 2. The zero-order chi connectivity index (χ0) is 10.7. The molecule has 1 aromatic carbocycles. The first kappa shape index (κ1) is 10.8. The Hall–Kier alpha value is -1.29. The van der Waals surface area contributed by atoms with Gasteiger partial charge in [-0.2, -0.15) is 0 Å². The highest BCUT2D eigenvalue weighted by Gasteiger charge is 2.20. The molecule has 0 unspecified atom stereocenters. The van der Waals surface area contributed by atoms with Crippen LogP contribution in [-0.4, -0.2) is 20.2 Å². The first-order valence-corrected chi connectivity index (χ1v) is 4.10. The van der Waals surface area contributed by atoms with Gasteiger partial charge in [0.15, 0.2) is 5.82 Å². The van der Waals surface area contributed by atoms with Gasteiger partial charge < -0.3 is 9.47 Å². The highest BCUT2D eigenvalue weighted by atomic mass is 35.5. The third-order valence-corrected chi connectivity index (χ3v) is 1.96. The quantitative estimate of drug-likeness (QED) is 0.715. The van der Waals surface area contributed by atoms with Crippen molar-refractivity contribution in [3.63, 3.8) is 0 Å². The van der Waals surface area contributed by atoms with Crippen LogP contribution in [0.4, 0.5) is 4.39 Å². The standard InChI is InChI=1S/C9H8ClFO3/c1-13-6-4-3-5(10)8(11)7(6)9(12)14-2/h3-4H,1-2H3. The molecule has 0 aliphatic rings. The predicted molar refractivity (Wildman–Crippen MR) is 49.3 cm³/mol. The number of hydrogen-bond acceptors (Lipinski definition) is 3. The number of esters is 1. The fourth-order valence-electron chi connectivity index (χ4n) is 0.995. The lowest BCUT2D eigenvalue weighted by Gasteiger charge is -2.08. The summed E-state index contributed by atoms with van der Waals surface area (Å²) in [7, 11) is 2.48. The van der Waals surface area contributed by atoms with E-state index in [0.717, 1.165) is 7.11 Å². The number of carbonyl (C=O) groups is 1. The molecule has 3 nitrogen and oxygen atoms in total. The van der Waals surface area contributed by atoms with Crippen molar-refractivity contribution in [2.45, 2.75) is 0 Å². The minimum atomic E-state index is -0.835. The second-order valence-electron chi connectivity index (χ2n) is 2.43. The van der Waals surface area contributed by atoms with Gasteiger partial charge in [0.1, 0.15) is 11.3 Å². The maximum atomic E-state index is 13.4. The summed E-state index contributed by atoms with van der Waals surface area (Å²) in [5, 5.41) is -0.147. The van der Waals surface area contributed by atoms with E-state index in [1.54, 1.807) is 0 Å². The maximum Gasteiger partial charge on any atom is 0.344 e. The van der Waals surface area contributed by atoms with Gasteiger partial charge in [-0.05, 0) is 12.1 Å². The monoisotopic (exact) mass is 218 g/mol. The molecule has 76 valence electrons. The summed E-state index contributed by atoms with van der Waals surface area (Å²) >= 11 is 5.51. The second kappa shape index (κ2) is 4.28. The summed E-state index contributed by atoms with van der Waals surface area (Å²) in [4.78, 5) is 11.2. The number of methoxy groups -OCH3 is 2. The Kier molecular flexibility index (Phi) is 3.30. The number of halogens is 2. The largest absolute Gasteiger partial charge is 0.496 e. The zero-order valence-electron chi connectivity index (χ0n) is 7.64. The number of carbonyl (C=O) groups excluding carboxylic acids is 1. The Labute approximate surface area is 85.4 Å². The Morgan fingerprint density at radius 1 is 1.43 bits per heavy atom. The molecule has 5 heteroatoms. The average Bonchev–Trinajstić information content (AvgIpc) is 2.20. The molecule has 1 aromatic rings. The predicted octanol–water partition coefficient (Wildman–Crippen LogP) is 2.27. The lowest BCUT2D eigenvalue weighted by molar-refractivity contribution is 0.0591. The van der Waals surface area contributed by atoms with Crippen molar-refractivity contribution < 1.29 is 18.7 Å². The van der Waals surface area contributed by atoms with Crippen molar-refractivity contribution in [1.82, 2.24) is 0 Å². The molecule has 0 radical (unpaired) electrons. The van der Waals surface area contributed by atoms with Crippen LogP contribution in [0, 0.1) is 5.82 Å². The first-order valence-electron chi connectivity index (χ1n) is 3.72. The van der Waals surface area contributed by atoms with Gasteiger partial charge in [0, 0.05) is 0 Å². The van der Waals surface area contributed by atoms with E-state index >= 15 is 0 Å². The Morgan fingerprint density at radius 3 is 2.57 bits per heavy atom. The Balaban J connectivity index is 3.35. The molecule has 0 aliphatic carbocycles. The summed E-state index contributed by atoms with van der Waals surface area (Å²) in [5.74, 6) is -1.56. The van der Waals surface area contributed by atoms with Crippen LogP contribution in [0.3, 0.4) is 0 Å². The van der Waals surface area contributed by atoms with E-state index in [4.69, 9.17) is 16.3 Å². The van der Waals surface area contributed by atoms with Gasteiger partial charge in [-0.1, -0.05) is 11.6 Å². The van der Waals surface area contributed by atoms with Gasteiger partial charge in [0.2, 0.25) is 0 Å². The second-order valence-corrected chi connectivity index (χ2v) is 2.84. The van der Waals surface area contributed by atoms with Gasteiger partial charge in [0.25, 0.3) is 0 Å². The van der Waals surface area contributed by atoms with E-state index in [0.29, 0.717) is 0 Å². The lowest BCUT2D eigenvalue weighted by atomic mass is 10.2. The number of ether oxygens (including phenoxy) is 2. The molecule has 0 saturated heterocycles. The third kappa shape index (κ3) is 1.80. The van der Waals surface area contributed by atoms with Crippen molar-refractivity contribution in [1.29, 1.82) is 0 Å². The van der Waals surface area contributed by atoms with Gasteiger partial charge in [-0.15, -0.1) is 0 Å². The van der Waals surface area contributed by atoms with E-state index < -0.39 is 11.8 Å². The van der Waals surface area contributed by atoms with E-state index in [2.05, 4.69) is 4.74 Å². The molecule has 0 aromatic heterocycles. The van der Waals surface area contributed by atoms with Crippen molar-refractivity contribution in [3.8, 4) is 5.75 Å². The van der Waals surface area contributed by atoms with Crippen LogP contribution in [0.2, 0.25) is 5.02 Å². The molecule has 0 spiro atoms. The molecule has 0 bridgehead atoms. The van der Waals surface area contributed by atoms with Crippen LogP contribution >= 0.6 is 11.6 Å². The fourth-order valence-corrected chi connectivity index (χ4v) is 1.15. The summed E-state index contributed by atoms with van der Waals surface area (Å²) in [5.41, 5.74) is -0.289. The van der Waals surface area contributed by atoms with Gasteiger partial charge >= 0.3 is 5.97 Å². The fraction of sp³-hybridized carbons (Fsp3) is 0.222. The molecule has 0 N–H and O–H groups in total. The summed E-state index contributed by atoms with van der Waals surface area (Å²) < 4.78 is 22.6. The van der Waals surface area contributed by atoms with Crippen molar-refractivity contribution in [3.05, 3.63) is 28.5 Å². The Morgan fingerprint density at radius 2 is 2.07 bits per heavy atom. The Bertz CT molecular complexity index is 365. The minimum Gasteiger partial charge on any atom is -0.496 e. The number of benzene rings is 1. The SMILES string of the molecule is COC(=O)c1c(OC)ccc(Cl)c1F. The summed E-state index contributed by atoms with van der Waals surface area (Å²) in [6.45, 7) is 0. The van der Waals surface area contributed by atoms with Crippen molar-refractivity contribution in [2.75, 3.05) is 14.2 Å². The molecule has 14 heavy (non-hydrogen) atoms. The average molecular weight is 219 g/mol. The van der Waals surface area contributed by atoms with Crippen LogP contribution in [0.1, 0.15) is 10.4 Å². The summed E-state index contributed by atoms with van der Waals surface area (Å²) in [6.07, 6.45) is 0. The van der Waals surface area contributed by atoms with Crippen LogP contribution in [0.15, 0.2) is 12.1 Å². The van der Waals surface area contributed by atoms with Crippen molar-refractivity contribution in [2.24, 2.45) is 0 Å². The van der Waals surface area contributed by atoms with Crippen LogP contribution in [-0.2, 0) is 4.74 Å². The first-order chi connectivity index (χ1) is 6.61. The van der Waals surface area contributed by atoms with Crippen molar-refractivity contribution >= 4 is 17.6 Å². The normalized spacial score (nSPS) is 9.71. The van der Waals surface area contributed by atoms with Crippen LogP contribution in [0.5, 0.6) is 5.75 Å². The zero-order valence-corrected chi connectivity index (χ0v) is 8.39. The minimum absolute atomic E-state index is 0.0961. The molecule has 0 aliphatic heterocycles. The highest BCUT2D eigenvalue weighted by molar-refractivity contribution is 6.31. The van der Waals surface area contributed by atoms with E-state index in [9.17, 15) is 9.18 Å². The van der Waals surface area contributed by atoms with E-state index in [1.807, 2.05) is 0 Å². The molecule has 0 saturated carbocycles. The molecule has 0 fully saturated rings. The van der Waals surface area contributed by atoms with Crippen LogP contribution in [0.25, 0.3) is 0 Å². The molecule has 0 atom stereocenters. The smallest absolute Gasteiger partial charge is 0.344 e. The molecule has 1 rings (SSSR count). The molecule has 0 amide bonds. The molecular formula is C9H8ClFO3. The van der Waals surface area contributed by atoms with Gasteiger partial charge in [-0.3, -0.25) is 0 Å². The van der Waals surface area contributed by atoms with Crippen LogP contribution < -0.4 is 4.74 Å². The lowest BCUT2D eigenvalue weighted by Crippen LogP contribution is -2.07.